The predicted molar refractivity (Wildman–Crippen MR) is 124 cm³/mol. The number of nitrogens with one attached hydrogen (secondary N) is 2. The topological polar surface area (TPSA) is 91.0 Å². The van der Waals surface area contributed by atoms with Crippen LogP contribution < -0.4 is 10.6 Å². The summed E-state index contributed by atoms with van der Waals surface area (Å²) >= 11 is 1.44. The van der Waals surface area contributed by atoms with Crippen molar-refractivity contribution in [1.82, 2.24) is 20.4 Å². The summed E-state index contributed by atoms with van der Waals surface area (Å²) in [6.07, 6.45) is 7.42. The molecule has 3 amide bonds. The molecule has 1 aromatic heterocycles. The minimum atomic E-state index is -0.566. The fourth-order valence-electron chi connectivity index (χ4n) is 5.01. The molecule has 8 nitrogen and oxygen atoms in total. The van der Waals surface area contributed by atoms with E-state index in [1.54, 1.807) is 4.90 Å². The van der Waals surface area contributed by atoms with Crippen LogP contribution in [0, 0.1) is 11.8 Å². The second-order valence-corrected chi connectivity index (χ2v) is 10.1. The van der Waals surface area contributed by atoms with Crippen molar-refractivity contribution >= 4 is 29.1 Å². The third-order valence-electron chi connectivity index (χ3n) is 7.05. The van der Waals surface area contributed by atoms with E-state index in [-0.39, 0.29) is 24.1 Å². The maximum Gasteiger partial charge on any atom is 0.265 e. The van der Waals surface area contributed by atoms with Gasteiger partial charge in [0, 0.05) is 50.4 Å². The maximum absolute atomic E-state index is 12.9. The van der Waals surface area contributed by atoms with Gasteiger partial charge >= 0.3 is 0 Å². The molecule has 1 aliphatic carbocycles. The summed E-state index contributed by atoms with van der Waals surface area (Å²) in [6.45, 7) is 8.03. The van der Waals surface area contributed by atoms with Gasteiger partial charge in [-0.15, -0.1) is 11.3 Å². The van der Waals surface area contributed by atoms with Gasteiger partial charge in [-0.1, -0.05) is 19.1 Å². The molecule has 2 N–H and O–H groups in total. The second-order valence-electron chi connectivity index (χ2n) is 9.24. The summed E-state index contributed by atoms with van der Waals surface area (Å²) in [5.41, 5.74) is 3.20. The van der Waals surface area contributed by atoms with E-state index in [1.165, 1.54) is 11.3 Å². The van der Waals surface area contributed by atoms with Crippen LogP contribution in [0.2, 0.25) is 0 Å². The minimum Gasteiger partial charge on any atom is -0.381 e. The highest BCUT2D eigenvalue weighted by Crippen LogP contribution is 2.34. The molecule has 4 heterocycles. The molecule has 33 heavy (non-hydrogen) atoms. The number of nitrogens with zero attached hydrogens (tertiary/aromatic N) is 2. The normalized spacial score (nSPS) is 28.0. The Morgan fingerprint density at radius 1 is 1.24 bits per heavy atom. The number of piperidine rings is 1. The fourth-order valence-corrected chi connectivity index (χ4v) is 6.05. The van der Waals surface area contributed by atoms with E-state index in [0.717, 1.165) is 49.7 Å². The first-order valence-electron chi connectivity index (χ1n) is 11.7. The van der Waals surface area contributed by atoms with Crippen LogP contribution >= 0.6 is 11.3 Å². The molecule has 0 bridgehead atoms. The molecule has 2 saturated heterocycles. The van der Waals surface area contributed by atoms with Crippen LogP contribution in [0.4, 0.5) is 0 Å². The maximum atomic E-state index is 12.9. The number of carbonyl (C=O) groups excluding carboxylic acids is 3. The molecule has 0 aromatic carbocycles. The number of imide groups is 1. The number of ether oxygens (including phenoxy) is 1. The van der Waals surface area contributed by atoms with Gasteiger partial charge in [0.25, 0.3) is 5.91 Å². The number of allylic oxidation sites excluding steroid dienone is 2. The number of amides is 3. The second kappa shape index (κ2) is 9.40. The van der Waals surface area contributed by atoms with Gasteiger partial charge in [0.1, 0.15) is 6.04 Å². The molecule has 5 rings (SSSR count). The van der Waals surface area contributed by atoms with Crippen LogP contribution in [0.25, 0.3) is 0 Å². The van der Waals surface area contributed by atoms with Crippen LogP contribution in [0.1, 0.15) is 40.6 Å². The third kappa shape index (κ3) is 4.62. The van der Waals surface area contributed by atoms with Crippen molar-refractivity contribution in [2.24, 2.45) is 11.8 Å². The van der Waals surface area contributed by atoms with Gasteiger partial charge < -0.3 is 15.0 Å². The molecule has 9 heteroatoms. The van der Waals surface area contributed by atoms with Crippen molar-refractivity contribution in [3.8, 4) is 0 Å². The highest BCUT2D eigenvalue weighted by molar-refractivity contribution is 7.12. The monoisotopic (exact) mass is 470 g/mol. The van der Waals surface area contributed by atoms with Crippen LogP contribution in [0.15, 0.2) is 29.3 Å². The first-order valence-corrected chi connectivity index (χ1v) is 12.6. The number of hydrogen-bond donors (Lipinski definition) is 2. The SMILES string of the molecule is CC1C=C(NCc2csc3c2CN([C@H]2CCC(=O)NC2=O)C3=O)C=CC1CN1CCOCC1. The van der Waals surface area contributed by atoms with Crippen molar-refractivity contribution in [2.45, 2.75) is 38.9 Å². The van der Waals surface area contributed by atoms with Crippen LogP contribution in [0.5, 0.6) is 0 Å². The average Bonchev–Trinajstić information content (AvgIpc) is 3.35. The summed E-state index contributed by atoms with van der Waals surface area (Å²) in [5, 5.41) is 7.92. The number of hydrogen-bond acceptors (Lipinski definition) is 7. The average molecular weight is 471 g/mol. The van der Waals surface area contributed by atoms with Gasteiger partial charge in [0.05, 0.1) is 18.1 Å². The Morgan fingerprint density at radius 3 is 2.82 bits per heavy atom. The lowest BCUT2D eigenvalue weighted by Gasteiger charge is -2.32. The van der Waals surface area contributed by atoms with E-state index in [0.29, 0.717) is 36.2 Å². The molecular formula is C24H30N4O4S. The molecule has 3 aliphatic heterocycles. The van der Waals surface area contributed by atoms with E-state index in [2.05, 4.69) is 40.7 Å². The van der Waals surface area contributed by atoms with Crippen molar-refractivity contribution in [3.63, 3.8) is 0 Å². The van der Waals surface area contributed by atoms with Crippen LogP contribution in [-0.2, 0) is 27.4 Å². The summed E-state index contributed by atoms with van der Waals surface area (Å²) in [4.78, 5) is 41.4. The highest BCUT2D eigenvalue weighted by atomic mass is 32.1. The molecule has 0 spiro atoms. The lowest BCUT2D eigenvalue weighted by atomic mass is 9.88. The minimum absolute atomic E-state index is 0.105. The lowest BCUT2D eigenvalue weighted by molar-refractivity contribution is -0.136. The van der Waals surface area contributed by atoms with Gasteiger partial charge in [-0.3, -0.25) is 24.6 Å². The van der Waals surface area contributed by atoms with Crippen LogP contribution in [0.3, 0.4) is 0 Å². The number of thiophene rings is 1. The molecule has 0 saturated carbocycles. The van der Waals surface area contributed by atoms with E-state index >= 15 is 0 Å². The fraction of sp³-hybridized carbons (Fsp3) is 0.542. The Balaban J connectivity index is 1.18. The first-order chi connectivity index (χ1) is 16.0. The largest absolute Gasteiger partial charge is 0.381 e. The zero-order valence-corrected chi connectivity index (χ0v) is 19.7. The Morgan fingerprint density at radius 2 is 2.06 bits per heavy atom. The van der Waals surface area contributed by atoms with Crippen molar-refractivity contribution < 1.29 is 19.1 Å². The molecule has 0 radical (unpaired) electrons. The predicted octanol–water partition coefficient (Wildman–Crippen LogP) is 1.64. The molecule has 4 aliphatic rings. The lowest BCUT2D eigenvalue weighted by Crippen LogP contribution is -2.52. The van der Waals surface area contributed by atoms with Crippen LogP contribution in [-0.4, -0.2) is 66.4 Å². The summed E-state index contributed by atoms with van der Waals surface area (Å²) < 4.78 is 5.45. The van der Waals surface area contributed by atoms with E-state index in [1.807, 2.05) is 5.38 Å². The van der Waals surface area contributed by atoms with E-state index in [9.17, 15) is 14.4 Å². The number of fused-ring (bicyclic) bond motifs is 1. The van der Waals surface area contributed by atoms with Gasteiger partial charge in [0.15, 0.2) is 0 Å². The van der Waals surface area contributed by atoms with Gasteiger partial charge in [-0.25, -0.2) is 0 Å². The third-order valence-corrected chi connectivity index (χ3v) is 8.11. The number of rotatable bonds is 6. The summed E-state index contributed by atoms with van der Waals surface area (Å²) in [5.74, 6) is 0.203. The Labute approximate surface area is 197 Å². The zero-order chi connectivity index (χ0) is 22.9. The van der Waals surface area contributed by atoms with Gasteiger partial charge in [-0.05, 0) is 35.3 Å². The first kappa shape index (κ1) is 22.3. The zero-order valence-electron chi connectivity index (χ0n) is 18.8. The van der Waals surface area contributed by atoms with Gasteiger partial charge in [-0.2, -0.15) is 0 Å². The molecule has 2 fully saturated rings. The standard InChI is InChI=1S/C24H30N4O4S/c1-15-10-18(3-2-16(15)12-27-6-8-32-9-7-27)25-11-17-14-33-22-19(17)13-28(24(22)31)20-4-5-21(29)26-23(20)30/h2-3,10,14-16,20,25H,4-9,11-13H2,1H3,(H,26,29,30)/t15?,16?,20-/m0/s1. The van der Waals surface area contributed by atoms with E-state index < -0.39 is 6.04 Å². The summed E-state index contributed by atoms with van der Waals surface area (Å²) in [6, 6.07) is -0.566. The Bertz CT molecular complexity index is 1010. The molecule has 176 valence electrons. The highest BCUT2D eigenvalue weighted by Gasteiger charge is 2.40. The summed E-state index contributed by atoms with van der Waals surface area (Å²) in [7, 11) is 0. The quantitative estimate of drug-likeness (QED) is 0.615. The molecule has 3 atom stereocenters. The Kier molecular flexibility index (Phi) is 6.36. The smallest absolute Gasteiger partial charge is 0.265 e. The number of carbonyl (C=O) groups is 3. The molecular weight excluding hydrogens is 440 g/mol. The Hall–Kier alpha value is -2.49. The molecule has 2 unspecified atom stereocenters. The van der Waals surface area contributed by atoms with Crippen molar-refractivity contribution in [1.29, 1.82) is 0 Å². The number of morpholine rings is 1. The van der Waals surface area contributed by atoms with Gasteiger partial charge in [0.2, 0.25) is 11.8 Å². The van der Waals surface area contributed by atoms with Crippen molar-refractivity contribution in [3.05, 3.63) is 45.3 Å². The van der Waals surface area contributed by atoms with E-state index in [4.69, 9.17) is 4.74 Å². The molecule has 1 aromatic rings. The van der Waals surface area contributed by atoms with Crippen molar-refractivity contribution in [2.75, 3.05) is 32.8 Å².